The molecule has 2 aromatic carbocycles. The molecule has 4 heteroatoms. The Morgan fingerprint density at radius 2 is 1.76 bits per heavy atom. The fourth-order valence-corrected chi connectivity index (χ4v) is 2.18. The van der Waals surface area contributed by atoms with Crippen LogP contribution in [0.3, 0.4) is 0 Å². The Bertz CT molecular complexity index is 845. The Balaban J connectivity index is 1.61. The van der Waals surface area contributed by atoms with Crippen molar-refractivity contribution in [2.24, 2.45) is 0 Å². The molecule has 0 N–H and O–H groups in total. The molecule has 1 aromatic heterocycles. The summed E-state index contributed by atoms with van der Waals surface area (Å²) in [6.45, 7) is 0.133. The van der Waals surface area contributed by atoms with Gasteiger partial charge in [-0.2, -0.15) is 0 Å². The standard InChI is InChI=1S/C21H17NO3/c23-21(13-12-17-7-2-1-3-8-17)24-16-18-9-4-5-11-20(18)25-19-10-6-14-22-15-19/h1-15H,16H2/b13-12+. The molecule has 124 valence electrons. The molecule has 0 atom stereocenters. The van der Waals surface area contributed by atoms with Crippen LogP contribution >= 0.6 is 0 Å². The van der Waals surface area contributed by atoms with Crippen molar-refractivity contribution in [1.82, 2.24) is 4.98 Å². The van der Waals surface area contributed by atoms with E-state index < -0.39 is 5.97 Å². The minimum absolute atomic E-state index is 0.133. The fourth-order valence-electron chi connectivity index (χ4n) is 2.18. The molecule has 0 radical (unpaired) electrons. The summed E-state index contributed by atoms with van der Waals surface area (Å²) >= 11 is 0. The summed E-state index contributed by atoms with van der Waals surface area (Å²) in [5.74, 6) is 0.862. The molecule has 0 spiro atoms. The van der Waals surface area contributed by atoms with Crippen LogP contribution in [0, 0.1) is 0 Å². The monoisotopic (exact) mass is 331 g/mol. The second kappa shape index (κ2) is 8.45. The van der Waals surface area contributed by atoms with Crippen molar-refractivity contribution in [3.8, 4) is 11.5 Å². The van der Waals surface area contributed by atoms with E-state index in [1.54, 1.807) is 24.5 Å². The average Bonchev–Trinajstić information content (AvgIpc) is 2.67. The van der Waals surface area contributed by atoms with Gasteiger partial charge in [0, 0.05) is 17.8 Å². The molecule has 0 aliphatic heterocycles. The maximum Gasteiger partial charge on any atom is 0.331 e. The Hall–Kier alpha value is -3.40. The summed E-state index contributed by atoms with van der Waals surface area (Å²) in [5, 5.41) is 0. The summed E-state index contributed by atoms with van der Waals surface area (Å²) in [5.41, 5.74) is 1.73. The highest BCUT2D eigenvalue weighted by Crippen LogP contribution is 2.25. The quantitative estimate of drug-likeness (QED) is 0.488. The van der Waals surface area contributed by atoms with Crippen molar-refractivity contribution >= 4 is 12.0 Å². The zero-order valence-corrected chi connectivity index (χ0v) is 13.5. The normalized spacial score (nSPS) is 10.6. The summed E-state index contributed by atoms with van der Waals surface area (Å²) < 4.78 is 11.1. The molecule has 4 nitrogen and oxygen atoms in total. The van der Waals surface area contributed by atoms with Crippen LogP contribution in [0.5, 0.6) is 11.5 Å². The highest BCUT2D eigenvalue weighted by Gasteiger charge is 2.07. The fraction of sp³-hybridized carbons (Fsp3) is 0.0476. The highest BCUT2D eigenvalue weighted by molar-refractivity contribution is 5.87. The second-order valence-corrected chi connectivity index (χ2v) is 5.25. The van der Waals surface area contributed by atoms with E-state index in [1.165, 1.54) is 6.08 Å². The van der Waals surface area contributed by atoms with Crippen LogP contribution < -0.4 is 4.74 Å². The van der Waals surface area contributed by atoms with Gasteiger partial charge in [-0.05, 0) is 29.8 Å². The van der Waals surface area contributed by atoms with E-state index in [4.69, 9.17) is 9.47 Å². The number of aromatic nitrogens is 1. The number of para-hydroxylation sites is 1. The van der Waals surface area contributed by atoms with Crippen molar-refractivity contribution < 1.29 is 14.3 Å². The number of carbonyl (C=O) groups is 1. The first kappa shape index (κ1) is 16.5. The van der Waals surface area contributed by atoms with E-state index in [1.807, 2.05) is 60.7 Å². The van der Waals surface area contributed by atoms with Gasteiger partial charge in [-0.15, -0.1) is 0 Å². The number of rotatable bonds is 6. The molecule has 0 saturated carbocycles. The summed E-state index contributed by atoms with van der Waals surface area (Å²) in [6.07, 6.45) is 6.45. The number of esters is 1. The molecule has 3 aromatic rings. The van der Waals surface area contributed by atoms with Crippen molar-refractivity contribution in [2.75, 3.05) is 0 Å². The first-order chi connectivity index (χ1) is 12.3. The van der Waals surface area contributed by atoms with Crippen LogP contribution in [0.25, 0.3) is 6.08 Å². The largest absolute Gasteiger partial charge is 0.458 e. The molecule has 0 saturated heterocycles. The van der Waals surface area contributed by atoms with E-state index in [9.17, 15) is 4.79 Å². The molecule has 0 aliphatic carbocycles. The summed E-state index contributed by atoms with van der Waals surface area (Å²) in [4.78, 5) is 15.9. The van der Waals surface area contributed by atoms with Crippen LogP contribution in [-0.4, -0.2) is 11.0 Å². The molecule has 0 bridgehead atoms. The van der Waals surface area contributed by atoms with Crippen LogP contribution in [0.4, 0.5) is 0 Å². The minimum atomic E-state index is -0.403. The van der Waals surface area contributed by atoms with Gasteiger partial charge in [0.05, 0.1) is 6.20 Å². The van der Waals surface area contributed by atoms with Crippen molar-refractivity contribution in [1.29, 1.82) is 0 Å². The third-order valence-electron chi connectivity index (χ3n) is 3.42. The van der Waals surface area contributed by atoms with Gasteiger partial charge in [-0.1, -0.05) is 48.5 Å². The molecule has 0 fully saturated rings. The van der Waals surface area contributed by atoms with Crippen molar-refractivity contribution in [3.05, 3.63) is 96.3 Å². The number of carbonyl (C=O) groups excluding carboxylic acids is 1. The molecule has 0 amide bonds. The predicted octanol–water partition coefficient (Wildman–Crippen LogP) is 4.63. The van der Waals surface area contributed by atoms with Crippen LogP contribution in [-0.2, 0) is 16.1 Å². The van der Waals surface area contributed by atoms with Gasteiger partial charge >= 0.3 is 5.97 Å². The zero-order chi connectivity index (χ0) is 17.3. The number of hydrogen-bond donors (Lipinski definition) is 0. The Morgan fingerprint density at radius 3 is 2.56 bits per heavy atom. The molecule has 3 rings (SSSR count). The minimum Gasteiger partial charge on any atom is -0.458 e. The lowest BCUT2D eigenvalue weighted by Crippen LogP contribution is -2.02. The van der Waals surface area contributed by atoms with Gasteiger partial charge in [0.2, 0.25) is 0 Å². The summed E-state index contributed by atoms with van der Waals surface area (Å²) in [7, 11) is 0. The molecule has 25 heavy (non-hydrogen) atoms. The lowest BCUT2D eigenvalue weighted by molar-refractivity contribution is -0.138. The molecule has 0 aliphatic rings. The third-order valence-corrected chi connectivity index (χ3v) is 3.42. The smallest absolute Gasteiger partial charge is 0.331 e. The molecule has 1 heterocycles. The van der Waals surface area contributed by atoms with Gasteiger partial charge in [0.25, 0.3) is 0 Å². The van der Waals surface area contributed by atoms with Crippen LogP contribution in [0.2, 0.25) is 0 Å². The summed E-state index contributed by atoms with van der Waals surface area (Å²) in [6, 6.07) is 20.6. The van der Waals surface area contributed by atoms with Gasteiger partial charge in [-0.3, -0.25) is 4.98 Å². The van der Waals surface area contributed by atoms with Crippen molar-refractivity contribution in [2.45, 2.75) is 6.61 Å². The highest BCUT2D eigenvalue weighted by atomic mass is 16.5. The topological polar surface area (TPSA) is 48.4 Å². The van der Waals surface area contributed by atoms with Crippen LogP contribution in [0.1, 0.15) is 11.1 Å². The first-order valence-electron chi connectivity index (χ1n) is 7.87. The third kappa shape index (κ3) is 5.04. The predicted molar refractivity (Wildman–Crippen MR) is 96.0 cm³/mol. The second-order valence-electron chi connectivity index (χ2n) is 5.25. The molecular formula is C21H17NO3. The zero-order valence-electron chi connectivity index (χ0n) is 13.5. The van der Waals surface area contributed by atoms with E-state index in [0.29, 0.717) is 11.5 Å². The molecular weight excluding hydrogens is 314 g/mol. The average molecular weight is 331 g/mol. The SMILES string of the molecule is O=C(/C=C/c1ccccc1)OCc1ccccc1Oc1cccnc1. The van der Waals surface area contributed by atoms with E-state index in [-0.39, 0.29) is 6.61 Å². The number of benzene rings is 2. The van der Waals surface area contributed by atoms with Gasteiger partial charge in [0.1, 0.15) is 18.1 Å². The van der Waals surface area contributed by atoms with Crippen LogP contribution in [0.15, 0.2) is 85.2 Å². The van der Waals surface area contributed by atoms with Gasteiger partial charge < -0.3 is 9.47 Å². The van der Waals surface area contributed by atoms with E-state index >= 15 is 0 Å². The molecule has 0 unspecified atom stereocenters. The van der Waals surface area contributed by atoms with E-state index in [0.717, 1.165) is 11.1 Å². The maximum atomic E-state index is 11.9. The number of pyridine rings is 1. The van der Waals surface area contributed by atoms with Gasteiger partial charge in [-0.25, -0.2) is 4.79 Å². The first-order valence-corrected chi connectivity index (χ1v) is 7.87. The number of ether oxygens (including phenoxy) is 2. The Labute approximate surface area is 146 Å². The lowest BCUT2D eigenvalue weighted by Gasteiger charge is -2.10. The Morgan fingerprint density at radius 1 is 0.960 bits per heavy atom. The maximum absolute atomic E-state index is 11.9. The van der Waals surface area contributed by atoms with Crippen molar-refractivity contribution in [3.63, 3.8) is 0 Å². The number of hydrogen-bond acceptors (Lipinski definition) is 4. The lowest BCUT2D eigenvalue weighted by atomic mass is 10.2. The Kier molecular flexibility index (Phi) is 5.56. The number of nitrogens with zero attached hydrogens (tertiary/aromatic N) is 1. The van der Waals surface area contributed by atoms with Gasteiger partial charge in [0.15, 0.2) is 0 Å². The van der Waals surface area contributed by atoms with E-state index in [2.05, 4.69) is 4.98 Å².